The first-order valence-electron chi connectivity index (χ1n) is 9.03. The van der Waals surface area contributed by atoms with Crippen LogP contribution in [0.1, 0.15) is 38.0 Å². The van der Waals surface area contributed by atoms with Gasteiger partial charge in [0.2, 0.25) is 6.04 Å². The lowest BCUT2D eigenvalue weighted by Crippen LogP contribution is -2.29. The third-order valence-electron chi connectivity index (χ3n) is 4.46. The second-order valence-corrected chi connectivity index (χ2v) is 10.9. The summed E-state index contributed by atoms with van der Waals surface area (Å²) in [6.07, 6.45) is -0.999. The van der Waals surface area contributed by atoms with Gasteiger partial charge in [0.1, 0.15) is 10.0 Å². The Morgan fingerprint density at radius 3 is 2.25 bits per heavy atom. The van der Waals surface area contributed by atoms with Gasteiger partial charge in [-0.05, 0) is 35.5 Å². The lowest BCUT2D eigenvalue weighted by Gasteiger charge is -2.25. The number of carbonyl (C=O) groups excluding carboxylic acids is 1. The van der Waals surface area contributed by atoms with Crippen LogP contribution in [0.25, 0.3) is 4.13 Å². The van der Waals surface area contributed by atoms with Gasteiger partial charge in [0, 0.05) is 17.1 Å². The van der Waals surface area contributed by atoms with Crippen LogP contribution in [-0.4, -0.2) is 29.7 Å². The van der Waals surface area contributed by atoms with Crippen LogP contribution in [0.15, 0.2) is 59.5 Å². The zero-order valence-electron chi connectivity index (χ0n) is 16.3. The number of ether oxygens (including phenoxy) is 1. The molecule has 1 aliphatic heterocycles. The van der Waals surface area contributed by atoms with Crippen molar-refractivity contribution in [1.29, 1.82) is 0 Å². The van der Waals surface area contributed by atoms with Crippen LogP contribution in [0.2, 0.25) is 0 Å². The molecule has 150 valence electrons. The maximum atomic E-state index is 12.8. The van der Waals surface area contributed by atoms with Crippen molar-refractivity contribution >= 4 is 27.0 Å². The van der Waals surface area contributed by atoms with Crippen molar-refractivity contribution < 1.29 is 21.9 Å². The molecule has 2 aromatic carbocycles. The van der Waals surface area contributed by atoms with Gasteiger partial charge in [-0.25, -0.2) is 8.42 Å². The Kier molecular flexibility index (Phi) is 6.02. The number of amides is 1. The fourth-order valence-corrected chi connectivity index (χ4v) is 6.69. The van der Waals surface area contributed by atoms with Gasteiger partial charge in [-0.1, -0.05) is 61.9 Å². The Balaban J connectivity index is 1.99. The quantitative estimate of drug-likeness (QED) is 0.669. The van der Waals surface area contributed by atoms with E-state index in [0.29, 0.717) is 0 Å². The number of hydrogen-bond donors (Lipinski definition) is 0. The number of nitrogens with zero attached hydrogens (tertiary/aromatic N) is 2. The molecule has 2 aromatic rings. The van der Waals surface area contributed by atoms with Gasteiger partial charge in [0.25, 0.3) is 0 Å². The van der Waals surface area contributed by atoms with Crippen molar-refractivity contribution in [1.82, 2.24) is 0 Å². The van der Waals surface area contributed by atoms with Crippen molar-refractivity contribution in [3.8, 4) is 0 Å². The normalized spacial score (nSPS) is 22.3. The minimum absolute atomic E-state index is 0.121. The maximum Gasteiger partial charge on any atom is 0.603 e. The molecule has 28 heavy (non-hydrogen) atoms. The van der Waals surface area contributed by atoms with Crippen molar-refractivity contribution in [2.75, 3.05) is 0 Å². The first-order valence-corrected chi connectivity index (χ1v) is 11.7. The highest BCUT2D eigenvalue weighted by atomic mass is 32.3. The maximum absolute atomic E-state index is 12.8. The van der Waals surface area contributed by atoms with Gasteiger partial charge >= 0.3 is 6.09 Å². The molecule has 0 spiro atoms. The van der Waals surface area contributed by atoms with E-state index in [4.69, 9.17) is 4.74 Å². The molecule has 3 atom stereocenters. The summed E-state index contributed by atoms with van der Waals surface area (Å²) in [6, 6.07) is 15.6. The molecule has 0 saturated carbocycles. The van der Waals surface area contributed by atoms with Gasteiger partial charge in [0.05, 0.1) is 0 Å². The van der Waals surface area contributed by atoms with E-state index in [0.717, 1.165) is 11.1 Å². The minimum Gasteiger partial charge on any atom is -0.438 e. The molecule has 6 nitrogen and oxygen atoms in total. The number of aryl methyl sites for hydroxylation is 1. The molecular formula is C20H24N2O4S2. The second-order valence-electron chi connectivity index (χ2n) is 6.99. The van der Waals surface area contributed by atoms with Crippen molar-refractivity contribution in [2.45, 2.75) is 50.0 Å². The summed E-state index contributed by atoms with van der Waals surface area (Å²) in [4.78, 5) is 12.8. The van der Waals surface area contributed by atoms with Crippen molar-refractivity contribution in [3.05, 3.63) is 69.9 Å². The smallest absolute Gasteiger partial charge is 0.438 e. The van der Waals surface area contributed by atoms with Gasteiger partial charge in [-0.2, -0.15) is 4.79 Å². The summed E-state index contributed by atoms with van der Waals surface area (Å²) in [6.45, 7) is 7.46. The predicted molar refractivity (Wildman–Crippen MR) is 110 cm³/mol. The topological polar surface area (TPSA) is 77.5 Å². The van der Waals surface area contributed by atoms with Crippen LogP contribution in [0, 0.1) is 6.92 Å². The Hall–Kier alpha value is -2.03. The van der Waals surface area contributed by atoms with E-state index in [1.165, 1.54) is 16.1 Å². The van der Waals surface area contributed by atoms with Crippen molar-refractivity contribution in [2.24, 2.45) is 0 Å². The molecule has 1 heterocycles. The summed E-state index contributed by atoms with van der Waals surface area (Å²) >= 11 is 0. The minimum atomic E-state index is -3.90. The molecule has 0 radical (unpaired) electrons. The molecule has 3 rings (SSSR count). The summed E-state index contributed by atoms with van der Waals surface area (Å²) in [5.74, 6) is 0. The lowest BCUT2D eigenvalue weighted by atomic mass is 10.0. The van der Waals surface area contributed by atoms with E-state index >= 15 is 0 Å². The van der Waals surface area contributed by atoms with Gasteiger partial charge in [-0.15, -0.1) is 3.95 Å². The highest BCUT2D eigenvalue weighted by Gasteiger charge is 2.46. The molecule has 0 unspecified atom stereocenters. The number of carbonyl (C=O) groups is 1. The standard InChI is InChI=1S/C20H24N2O4S2/c1-14(2)27(21-28(24,25)18-12-10-15(3)11-13-18)22-16(4)19(26-20(22)23)17-8-6-5-7-9-17/h5-14,16,19H,1-4H3/t16-,19-,27+/m1/s1. The molecule has 0 aliphatic carbocycles. The Bertz CT molecular complexity index is 1000. The van der Waals surface area contributed by atoms with Crippen LogP contribution in [-0.2, 0) is 25.6 Å². The first-order chi connectivity index (χ1) is 13.2. The van der Waals surface area contributed by atoms with E-state index in [-0.39, 0.29) is 16.2 Å². The molecule has 1 fully saturated rings. The third-order valence-corrected chi connectivity index (χ3v) is 8.45. The van der Waals surface area contributed by atoms with Crippen LogP contribution in [0.3, 0.4) is 0 Å². The molecule has 0 N–H and O–H groups in total. The zero-order chi connectivity index (χ0) is 20.5. The molecule has 8 heteroatoms. The van der Waals surface area contributed by atoms with E-state index in [1.807, 2.05) is 58.0 Å². The van der Waals surface area contributed by atoms with Gasteiger partial charge in [0.15, 0.2) is 6.10 Å². The van der Waals surface area contributed by atoms with Crippen LogP contribution in [0.4, 0.5) is 4.79 Å². The number of cyclic esters (lactones) is 1. The van der Waals surface area contributed by atoms with E-state index in [9.17, 15) is 13.2 Å². The summed E-state index contributed by atoms with van der Waals surface area (Å²) < 4.78 is 36.9. The summed E-state index contributed by atoms with van der Waals surface area (Å²) in [7, 11) is -5.09. The van der Waals surface area contributed by atoms with Gasteiger partial charge in [-0.3, -0.25) is 0 Å². The molecular weight excluding hydrogens is 396 g/mol. The molecule has 0 aromatic heterocycles. The molecule has 1 saturated heterocycles. The highest BCUT2D eigenvalue weighted by molar-refractivity contribution is 8.09. The number of hydrogen-bond acceptors (Lipinski definition) is 4. The number of rotatable bonds is 5. The monoisotopic (exact) mass is 420 g/mol. The molecule has 1 aliphatic rings. The highest BCUT2D eigenvalue weighted by Crippen LogP contribution is 2.33. The SMILES string of the molecule is Cc1ccc(S(=O)(=O)[N-]/[S@](C(C)C)=[N+]2/C(=O)O[C@@H](c3ccccc3)[C@H]2C)cc1. The number of sulfonamides is 1. The zero-order valence-corrected chi connectivity index (χ0v) is 17.9. The first kappa shape index (κ1) is 20.7. The Labute approximate surface area is 168 Å². The largest absolute Gasteiger partial charge is 0.603 e. The fraction of sp³-hybridized carbons (Fsp3) is 0.350. The molecule has 0 bridgehead atoms. The van der Waals surface area contributed by atoms with Crippen LogP contribution < -0.4 is 0 Å². The predicted octanol–water partition coefficient (Wildman–Crippen LogP) is 4.48. The third kappa shape index (κ3) is 4.19. The van der Waals surface area contributed by atoms with E-state index < -0.39 is 33.1 Å². The number of benzene rings is 2. The Morgan fingerprint density at radius 1 is 1.07 bits per heavy atom. The van der Waals surface area contributed by atoms with Crippen molar-refractivity contribution in [3.63, 3.8) is 0 Å². The van der Waals surface area contributed by atoms with Crippen LogP contribution in [0.5, 0.6) is 0 Å². The van der Waals surface area contributed by atoms with E-state index in [2.05, 4.69) is 4.13 Å². The Morgan fingerprint density at radius 2 is 1.68 bits per heavy atom. The van der Waals surface area contributed by atoms with E-state index in [1.54, 1.807) is 12.1 Å². The summed E-state index contributed by atoms with van der Waals surface area (Å²) in [5, 5.41) is -0.176. The van der Waals surface area contributed by atoms with Crippen LogP contribution >= 0.6 is 0 Å². The lowest BCUT2D eigenvalue weighted by molar-refractivity contribution is -0.428. The van der Waals surface area contributed by atoms with Gasteiger partial charge < -0.3 is 8.86 Å². The fourth-order valence-electron chi connectivity index (χ4n) is 2.99. The molecule has 1 amide bonds. The summed E-state index contributed by atoms with van der Waals surface area (Å²) in [5.41, 5.74) is 1.84. The second kappa shape index (κ2) is 8.14. The average Bonchev–Trinajstić information content (AvgIpc) is 2.95. The average molecular weight is 421 g/mol.